The fraction of sp³-hybridized carbons (Fsp3) is 1.00. The van der Waals surface area contributed by atoms with E-state index in [1.807, 2.05) is 0 Å². The number of thioether (sulfide) groups is 1. The highest BCUT2D eigenvalue weighted by atomic mass is 32.2. The molecule has 0 aromatic carbocycles. The van der Waals surface area contributed by atoms with E-state index in [0.29, 0.717) is 0 Å². The van der Waals surface area contributed by atoms with Gasteiger partial charge in [0.15, 0.2) is 0 Å². The molecular formula is C11H23NOS. The van der Waals surface area contributed by atoms with Gasteiger partial charge in [0, 0.05) is 42.2 Å². The van der Waals surface area contributed by atoms with Crippen LogP contribution in [0.1, 0.15) is 27.7 Å². The number of nitrogens with zero attached hydrogens (tertiary/aromatic N) is 1. The molecule has 2 unspecified atom stereocenters. The molecule has 0 saturated carbocycles. The maximum Gasteiger partial charge on any atom is 0.0494 e. The SMILES string of the molecule is CC1CN(CC(C)(C)CO)CC(C)S1. The van der Waals surface area contributed by atoms with E-state index < -0.39 is 0 Å². The van der Waals surface area contributed by atoms with Crippen molar-refractivity contribution < 1.29 is 5.11 Å². The summed E-state index contributed by atoms with van der Waals surface area (Å²) < 4.78 is 0. The minimum Gasteiger partial charge on any atom is -0.396 e. The molecule has 0 aromatic rings. The Bertz CT molecular complexity index is 174. The Morgan fingerprint density at radius 1 is 1.29 bits per heavy atom. The topological polar surface area (TPSA) is 23.5 Å². The predicted octanol–water partition coefficient (Wildman–Crippen LogP) is 1.83. The van der Waals surface area contributed by atoms with Crippen molar-refractivity contribution in [1.29, 1.82) is 0 Å². The van der Waals surface area contributed by atoms with Gasteiger partial charge in [-0.3, -0.25) is 0 Å². The highest BCUT2D eigenvalue weighted by molar-refractivity contribution is 8.00. The van der Waals surface area contributed by atoms with Gasteiger partial charge in [0.05, 0.1) is 0 Å². The van der Waals surface area contributed by atoms with Crippen molar-refractivity contribution in [2.75, 3.05) is 26.2 Å². The van der Waals surface area contributed by atoms with E-state index in [0.717, 1.165) is 17.0 Å². The highest BCUT2D eigenvalue weighted by Crippen LogP contribution is 2.27. The summed E-state index contributed by atoms with van der Waals surface area (Å²) in [6, 6.07) is 0. The molecule has 1 rings (SSSR count). The fourth-order valence-corrected chi connectivity index (χ4v) is 3.46. The fourth-order valence-electron chi connectivity index (χ4n) is 2.07. The molecule has 0 spiro atoms. The van der Waals surface area contributed by atoms with Gasteiger partial charge in [-0.25, -0.2) is 0 Å². The molecule has 1 N–H and O–H groups in total. The van der Waals surface area contributed by atoms with Crippen LogP contribution in [0.3, 0.4) is 0 Å². The van der Waals surface area contributed by atoms with E-state index in [9.17, 15) is 5.11 Å². The molecule has 1 aliphatic heterocycles. The summed E-state index contributed by atoms with van der Waals surface area (Å²) in [6.07, 6.45) is 0. The van der Waals surface area contributed by atoms with Crippen molar-refractivity contribution in [3.05, 3.63) is 0 Å². The lowest BCUT2D eigenvalue weighted by Gasteiger charge is -2.38. The van der Waals surface area contributed by atoms with Gasteiger partial charge in [0.25, 0.3) is 0 Å². The first-order chi connectivity index (χ1) is 6.43. The molecule has 3 heteroatoms. The van der Waals surface area contributed by atoms with Crippen molar-refractivity contribution >= 4 is 11.8 Å². The van der Waals surface area contributed by atoms with Gasteiger partial charge >= 0.3 is 0 Å². The molecular weight excluding hydrogens is 194 g/mol. The summed E-state index contributed by atoms with van der Waals surface area (Å²) in [4.78, 5) is 2.49. The van der Waals surface area contributed by atoms with Crippen molar-refractivity contribution in [2.24, 2.45) is 5.41 Å². The van der Waals surface area contributed by atoms with E-state index in [1.54, 1.807) is 0 Å². The van der Waals surface area contributed by atoms with E-state index in [4.69, 9.17) is 0 Å². The summed E-state index contributed by atoms with van der Waals surface area (Å²) in [5, 5.41) is 10.7. The maximum atomic E-state index is 9.22. The Morgan fingerprint density at radius 2 is 1.79 bits per heavy atom. The van der Waals surface area contributed by atoms with Crippen LogP contribution in [0.4, 0.5) is 0 Å². The first-order valence-electron chi connectivity index (χ1n) is 5.41. The third-order valence-corrected chi connectivity index (χ3v) is 3.80. The van der Waals surface area contributed by atoms with Crippen LogP contribution in [-0.2, 0) is 0 Å². The van der Waals surface area contributed by atoms with Crippen LogP contribution in [0.5, 0.6) is 0 Å². The number of hydrogen-bond donors (Lipinski definition) is 1. The lowest BCUT2D eigenvalue weighted by atomic mass is 9.94. The molecule has 2 atom stereocenters. The first kappa shape index (κ1) is 12.3. The quantitative estimate of drug-likeness (QED) is 0.780. The van der Waals surface area contributed by atoms with Crippen molar-refractivity contribution in [2.45, 2.75) is 38.2 Å². The molecule has 1 aliphatic rings. The van der Waals surface area contributed by atoms with Crippen LogP contribution in [0.15, 0.2) is 0 Å². The molecule has 1 saturated heterocycles. The smallest absolute Gasteiger partial charge is 0.0494 e. The molecule has 1 heterocycles. The van der Waals surface area contributed by atoms with E-state index in [2.05, 4.69) is 44.4 Å². The molecule has 0 amide bonds. The second kappa shape index (κ2) is 4.86. The Labute approximate surface area is 92.1 Å². The van der Waals surface area contributed by atoms with Gasteiger partial charge in [0.2, 0.25) is 0 Å². The maximum absolute atomic E-state index is 9.22. The second-order valence-electron chi connectivity index (χ2n) is 5.27. The number of aliphatic hydroxyl groups is 1. The van der Waals surface area contributed by atoms with Crippen molar-refractivity contribution in [1.82, 2.24) is 4.90 Å². The molecule has 84 valence electrons. The third-order valence-electron chi connectivity index (χ3n) is 2.57. The Balaban J connectivity index is 2.44. The van der Waals surface area contributed by atoms with Crippen LogP contribution >= 0.6 is 11.8 Å². The summed E-state index contributed by atoms with van der Waals surface area (Å²) in [6.45, 7) is 12.5. The lowest BCUT2D eigenvalue weighted by molar-refractivity contribution is 0.102. The van der Waals surface area contributed by atoms with Crippen molar-refractivity contribution in [3.63, 3.8) is 0 Å². The lowest BCUT2D eigenvalue weighted by Crippen LogP contribution is -2.45. The molecule has 0 aromatic heterocycles. The zero-order valence-corrected chi connectivity index (χ0v) is 10.6. The monoisotopic (exact) mass is 217 g/mol. The normalized spacial score (nSPS) is 30.6. The van der Waals surface area contributed by atoms with Gasteiger partial charge in [-0.15, -0.1) is 0 Å². The average molecular weight is 217 g/mol. The summed E-state index contributed by atoms with van der Waals surface area (Å²) in [7, 11) is 0. The minimum atomic E-state index is 0.0431. The van der Waals surface area contributed by atoms with Gasteiger partial charge in [-0.2, -0.15) is 11.8 Å². The molecule has 0 bridgehead atoms. The van der Waals surface area contributed by atoms with Crippen LogP contribution in [0.2, 0.25) is 0 Å². The molecule has 2 nitrogen and oxygen atoms in total. The summed E-state index contributed by atoms with van der Waals surface area (Å²) in [5.41, 5.74) is 0.0431. The molecule has 14 heavy (non-hydrogen) atoms. The van der Waals surface area contributed by atoms with Crippen LogP contribution in [0.25, 0.3) is 0 Å². The molecule has 1 fully saturated rings. The standard InChI is InChI=1S/C11H23NOS/c1-9-5-12(6-10(2)14-9)7-11(3,4)8-13/h9-10,13H,5-8H2,1-4H3. The summed E-state index contributed by atoms with van der Waals surface area (Å²) in [5.74, 6) is 0. The minimum absolute atomic E-state index is 0.0431. The van der Waals surface area contributed by atoms with Crippen LogP contribution < -0.4 is 0 Å². The van der Waals surface area contributed by atoms with Crippen molar-refractivity contribution in [3.8, 4) is 0 Å². The zero-order valence-electron chi connectivity index (χ0n) is 9.79. The van der Waals surface area contributed by atoms with E-state index >= 15 is 0 Å². The highest BCUT2D eigenvalue weighted by Gasteiger charge is 2.27. The van der Waals surface area contributed by atoms with E-state index in [-0.39, 0.29) is 12.0 Å². The number of rotatable bonds is 3. The average Bonchev–Trinajstić information content (AvgIpc) is 2.01. The Hall–Kier alpha value is 0.270. The Kier molecular flexibility index (Phi) is 4.29. The zero-order chi connectivity index (χ0) is 10.8. The number of hydrogen-bond acceptors (Lipinski definition) is 3. The predicted molar refractivity (Wildman–Crippen MR) is 63.8 cm³/mol. The van der Waals surface area contributed by atoms with E-state index in [1.165, 1.54) is 13.1 Å². The number of aliphatic hydroxyl groups excluding tert-OH is 1. The van der Waals surface area contributed by atoms with Crippen LogP contribution in [-0.4, -0.2) is 46.7 Å². The van der Waals surface area contributed by atoms with Gasteiger partial charge < -0.3 is 10.0 Å². The molecule has 0 radical (unpaired) electrons. The van der Waals surface area contributed by atoms with Gasteiger partial charge in [-0.1, -0.05) is 27.7 Å². The third kappa shape index (κ3) is 3.79. The van der Waals surface area contributed by atoms with Crippen LogP contribution in [0, 0.1) is 5.41 Å². The largest absolute Gasteiger partial charge is 0.396 e. The first-order valence-corrected chi connectivity index (χ1v) is 6.36. The van der Waals surface area contributed by atoms with Gasteiger partial charge in [-0.05, 0) is 0 Å². The summed E-state index contributed by atoms with van der Waals surface area (Å²) >= 11 is 2.07. The Morgan fingerprint density at radius 3 is 2.21 bits per heavy atom. The molecule has 0 aliphatic carbocycles. The second-order valence-corrected chi connectivity index (χ2v) is 7.16. The van der Waals surface area contributed by atoms with Gasteiger partial charge in [0.1, 0.15) is 0 Å².